The molecule has 25 heavy (non-hydrogen) atoms. The van der Waals surface area contributed by atoms with E-state index < -0.39 is 28.0 Å². The molecule has 1 N–H and O–H groups in total. The molecule has 0 spiro atoms. The van der Waals surface area contributed by atoms with Crippen LogP contribution in [0, 0.1) is 5.82 Å². The number of hydrogen-bond acceptors (Lipinski definition) is 5. The third-order valence-electron chi connectivity index (χ3n) is 3.99. The molecule has 0 bridgehead atoms. The number of anilines is 2. The zero-order valence-electron chi connectivity index (χ0n) is 13.4. The summed E-state index contributed by atoms with van der Waals surface area (Å²) in [4.78, 5) is 24.4. The van der Waals surface area contributed by atoms with Crippen molar-refractivity contribution in [2.45, 2.75) is 0 Å². The molecule has 1 aromatic rings. The second-order valence-corrected chi connectivity index (χ2v) is 7.45. The van der Waals surface area contributed by atoms with E-state index in [1.165, 1.54) is 24.1 Å². The minimum Gasteiger partial charge on any atom is -0.448 e. The Morgan fingerprint density at radius 1 is 1.36 bits per heavy atom. The summed E-state index contributed by atoms with van der Waals surface area (Å²) in [6.45, 7) is 0.387. The lowest BCUT2D eigenvalue weighted by atomic mass is 10.2. The molecule has 1 fully saturated rings. The normalized spacial score (nSPS) is 18.3. The molecule has 2 aliphatic rings. The second kappa shape index (κ2) is 6.39. The molecule has 3 rings (SSSR count). The lowest BCUT2D eigenvalue weighted by Crippen LogP contribution is -2.43. The smallest absolute Gasteiger partial charge is 0.410 e. The fourth-order valence-corrected chi connectivity index (χ4v) is 4.11. The van der Waals surface area contributed by atoms with Gasteiger partial charge in [0.05, 0.1) is 24.5 Å². The zero-order valence-corrected chi connectivity index (χ0v) is 14.3. The molecular weight excluding hydrogens is 355 g/mol. The van der Waals surface area contributed by atoms with Gasteiger partial charge in [-0.1, -0.05) is 0 Å². The van der Waals surface area contributed by atoms with Gasteiger partial charge in [-0.2, -0.15) is 8.42 Å². The van der Waals surface area contributed by atoms with E-state index in [2.05, 4.69) is 5.32 Å². The number of nitrogens with zero attached hydrogens (tertiary/aromatic N) is 3. The van der Waals surface area contributed by atoms with Crippen LogP contribution in [0.4, 0.5) is 20.6 Å². The number of hydrogen-bond donors (Lipinski definition) is 1. The predicted octanol–water partition coefficient (Wildman–Crippen LogP) is -0.105. The number of cyclic esters (lactones) is 1. The van der Waals surface area contributed by atoms with Gasteiger partial charge < -0.3 is 10.1 Å². The average molecular weight is 372 g/mol. The summed E-state index contributed by atoms with van der Waals surface area (Å²) in [6.07, 6.45) is -0.553. The zero-order chi connectivity index (χ0) is 18.2. The number of ether oxygens (including phenoxy) is 1. The summed E-state index contributed by atoms with van der Waals surface area (Å²) in [5, 5.41) is 2.55. The molecule has 0 aromatic heterocycles. The summed E-state index contributed by atoms with van der Waals surface area (Å²) in [5.74, 6) is -0.978. The van der Waals surface area contributed by atoms with Crippen molar-refractivity contribution in [3.63, 3.8) is 0 Å². The Hall–Kier alpha value is -2.56. The minimum absolute atomic E-state index is 0.0186. The fourth-order valence-electron chi connectivity index (χ4n) is 2.69. The van der Waals surface area contributed by atoms with E-state index >= 15 is 0 Å². The first kappa shape index (κ1) is 17.3. The largest absolute Gasteiger partial charge is 0.448 e. The van der Waals surface area contributed by atoms with Crippen LogP contribution >= 0.6 is 0 Å². The quantitative estimate of drug-likeness (QED) is 0.778. The molecule has 0 unspecified atom stereocenters. The fraction of sp³-hybridized carbons (Fsp3) is 0.429. The van der Waals surface area contributed by atoms with E-state index in [-0.39, 0.29) is 31.9 Å². The number of halogens is 1. The van der Waals surface area contributed by atoms with Crippen molar-refractivity contribution in [2.75, 3.05) is 48.4 Å². The molecule has 0 atom stereocenters. The average Bonchev–Trinajstić information content (AvgIpc) is 3.02. The summed E-state index contributed by atoms with van der Waals surface area (Å²) < 4.78 is 45.1. The Morgan fingerprint density at radius 2 is 2.12 bits per heavy atom. The van der Waals surface area contributed by atoms with E-state index in [9.17, 15) is 22.4 Å². The Bertz CT molecular complexity index is 815. The third-order valence-corrected chi connectivity index (χ3v) is 5.81. The van der Waals surface area contributed by atoms with Gasteiger partial charge in [0.2, 0.25) is 5.91 Å². The summed E-state index contributed by atoms with van der Waals surface area (Å²) in [7, 11) is -2.43. The molecule has 2 amide bonds. The van der Waals surface area contributed by atoms with E-state index in [1.54, 1.807) is 0 Å². The predicted molar refractivity (Wildman–Crippen MR) is 87.0 cm³/mol. The molecule has 0 saturated carbocycles. The standard InChI is InChI=1S/C14H17FN4O5S/c1-17-11-3-2-10(15)8-12(11)19(25(17,22)23)5-4-16-13(20)9-18-6-7-24-14(18)21/h2-3,8H,4-7,9H2,1H3,(H,16,20). The van der Waals surface area contributed by atoms with Gasteiger partial charge in [-0.05, 0) is 12.1 Å². The maximum atomic E-state index is 13.5. The van der Waals surface area contributed by atoms with Gasteiger partial charge in [-0.25, -0.2) is 13.5 Å². The van der Waals surface area contributed by atoms with Crippen LogP contribution in [-0.2, 0) is 19.7 Å². The van der Waals surface area contributed by atoms with Crippen LogP contribution in [0.3, 0.4) is 0 Å². The molecule has 2 heterocycles. The van der Waals surface area contributed by atoms with Crippen LogP contribution in [0.2, 0.25) is 0 Å². The van der Waals surface area contributed by atoms with E-state index in [4.69, 9.17) is 4.74 Å². The number of benzene rings is 1. The van der Waals surface area contributed by atoms with E-state index in [1.807, 2.05) is 0 Å². The number of carbonyl (C=O) groups is 2. The van der Waals surface area contributed by atoms with Gasteiger partial charge in [0.1, 0.15) is 19.0 Å². The van der Waals surface area contributed by atoms with Crippen LogP contribution in [-0.4, -0.2) is 65.2 Å². The molecule has 0 aliphatic carbocycles. The second-order valence-electron chi connectivity index (χ2n) is 5.57. The van der Waals surface area contributed by atoms with Crippen LogP contribution in [0.25, 0.3) is 0 Å². The maximum Gasteiger partial charge on any atom is 0.410 e. The van der Waals surface area contributed by atoms with Gasteiger partial charge in [0.25, 0.3) is 0 Å². The van der Waals surface area contributed by atoms with Crippen molar-refractivity contribution < 1.29 is 27.1 Å². The first-order valence-electron chi connectivity index (χ1n) is 7.55. The number of fused-ring (bicyclic) bond motifs is 1. The van der Waals surface area contributed by atoms with Crippen molar-refractivity contribution in [3.05, 3.63) is 24.0 Å². The third kappa shape index (κ3) is 3.18. The van der Waals surface area contributed by atoms with Crippen molar-refractivity contribution in [2.24, 2.45) is 0 Å². The highest BCUT2D eigenvalue weighted by Crippen LogP contribution is 2.39. The number of amides is 2. The SMILES string of the molecule is CN1c2ccc(F)cc2N(CCNC(=O)CN2CCOC2=O)S1(=O)=O. The van der Waals surface area contributed by atoms with Crippen molar-refractivity contribution in [3.8, 4) is 0 Å². The van der Waals surface area contributed by atoms with Crippen LogP contribution in [0.1, 0.15) is 0 Å². The molecule has 1 aromatic carbocycles. The van der Waals surface area contributed by atoms with E-state index in [0.717, 1.165) is 14.7 Å². The lowest BCUT2D eigenvalue weighted by molar-refractivity contribution is -0.121. The summed E-state index contributed by atoms with van der Waals surface area (Å²) >= 11 is 0. The number of nitrogens with one attached hydrogen (secondary N) is 1. The molecular formula is C14H17FN4O5S. The van der Waals surface area contributed by atoms with Crippen molar-refractivity contribution in [1.29, 1.82) is 0 Å². The molecule has 1 saturated heterocycles. The first-order valence-corrected chi connectivity index (χ1v) is 8.95. The molecule has 11 heteroatoms. The van der Waals surface area contributed by atoms with Crippen molar-refractivity contribution >= 4 is 33.6 Å². The van der Waals surface area contributed by atoms with Gasteiger partial charge in [-0.3, -0.25) is 14.0 Å². The van der Waals surface area contributed by atoms with Crippen molar-refractivity contribution in [1.82, 2.24) is 10.2 Å². The van der Waals surface area contributed by atoms with E-state index in [0.29, 0.717) is 12.2 Å². The first-order chi connectivity index (χ1) is 11.8. The van der Waals surface area contributed by atoms with Crippen LogP contribution in [0.15, 0.2) is 18.2 Å². The molecule has 136 valence electrons. The monoisotopic (exact) mass is 372 g/mol. The van der Waals surface area contributed by atoms with Gasteiger partial charge >= 0.3 is 16.3 Å². The van der Waals surface area contributed by atoms with Crippen LogP contribution < -0.4 is 13.9 Å². The van der Waals surface area contributed by atoms with Crippen LogP contribution in [0.5, 0.6) is 0 Å². The number of carbonyl (C=O) groups excluding carboxylic acids is 2. The summed E-state index contributed by atoms with van der Waals surface area (Å²) in [5.41, 5.74) is 0.590. The molecule has 2 aliphatic heterocycles. The highest BCUT2D eigenvalue weighted by molar-refractivity contribution is 7.94. The van der Waals surface area contributed by atoms with Gasteiger partial charge in [0.15, 0.2) is 0 Å². The highest BCUT2D eigenvalue weighted by atomic mass is 32.2. The Balaban J connectivity index is 1.62. The highest BCUT2D eigenvalue weighted by Gasteiger charge is 2.38. The maximum absolute atomic E-state index is 13.5. The topological polar surface area (TPSA) is 99.3 Å². The molecule has 9 nitrogen and oxygen atoms in total. The lowest BCUT2D eigenvalue weighted by Gasteiger charge is -2.19. The summed E-state index contributed by atoms with van der Waals surface area (Å²) in [6, 6.07) is 3.71. The van der Waals surface area contributed by atoms with Gasteiger partial charge in [-0.15, -0.1) is 0 Å². The van der Waals surface area contributed by atoms with Gasteiger partial charge in [0, 0.05) is 19.7 Å². The Kier molecular flexibility index (Phi) is 4.41. The minimum atomic E-state index is -3.81. The Morgan fingerprint density at radius 3 is 2.80 bits per heavy atom. The Labute approximate surface area is 144 Å². The molecule has 0 radical (unpaired) electrons. The number of rotatable bonds is 5.